The number of aryl methyl sites for hydroxylation is 1. The van der Waals surface area contributed by atoms with Crippen LogP contribution in [0.4, 0.5) is 5.69 Å². The van der Waals surface area contributed by atoms with Gasteiger partial charge >= 0.3 is 11.9 Å². The summed E-state index contributed by atoms with van der Waals surface area (Å²) in [5, 5.41) is 0. The zero-order valence-corrected chi connectivity index (χ0v) is 27.0. The Kier molecular flexibility index (Phi) is 9.99. The van der Waals surface area contributed by atoms with Crippen LogP contribution in [0, 0.1) is 28.6 Å². The summed E-state index contributed by atoms with van der Waals surface area (Å²) in [5.41, 5.74) is 3.90. The molecule has 0 N–H and O–H groups in total. The summed E-state index contributed by atoms with van der Waals surface area (Å²) in [7, 11) is 0. The van der Waals surface area contributed by atoms with Gasteiger partial charge < -0.3 is 14.4 Å². The molecule has 6 atom stereocenters. The minimum atomic E-state index is -0.149. The number of carbonyl (C=O) groups is 2. The molecule has 5 nitrogen and oxygen atoms in total. The van der Waals surface area contributed by atoms with Gasteiger partial charge in [-0.2, -0.15) is 0 Å². The Morgan fingerprint density at radius 1 is 1.00 bits per heavy atom. The van der Waals surface area contributed by atoms with E-state index < -0.39 is 0 Å². The summed E-state index contributed by atoms with van der Waals surface area (Å²) in [6, 6.07) is 8.46. The number of halogens is 2. The minimum absolute atomic E-state index is 0.0586. The number of carbonyl (C=O) groups excluding carboxylic acids is 2. The van der Waals surface area contributed by atoms with Crippen molar-refractivity contribution in [3.63, 3.8) is 0 Å². The number of fused-ring (bicyclic) bond motifs is 5. The normalized spacial score (nSPS) is 31.6. The summed E-state index contributed by atoms with van der Waals surface area (Å²) in [6.45, 7) is 7.87. The lowest BCUT2D eigenvalue weighted by Crippen LogP contribution is -2.50. The van der Waals surface area contributed by atoms with Crippen LogP contribution in [0.1, 0.15) is 84.1 Å². The molecule has 0 saturated heterocycles. The fourth-order valence-corrected chi connectivity index (χ4v) is 9.22. The highest BCUT2D eigenvalue weighted by molar-refractivity contribution is 6.18. The first kappa shape index (κ1) is 31.4. The topological polar surface area (TPSA) is 55.8 Å². The maximum atomic E-state index is 12.8. The minimum Gasteiger partial charge on any atom is -0.462 e. The molecule has 7 heteroatoms. The molecule has 0 unspecified atom stereocenters. The Balaban J connectivity index is 1.15. The third kappa shape index (κ3) is 6.43. The number of nitrogens with zero attached hydrogens (tertiary/aromatic N) is 1. The molecule has 4 aliphatic carbocycles. The second-order valence-electron chi connectivity index (χ2n) is 13.4. The van der Waals surface area contributed by atoms with E-state index in [1.165, 1.54) is 17.6 Å². The second kappa shape index (κ2) is 13.3. The zero-order valence-electron chi connectivity index (χ0n) is 25.5. The van der Waals surface area contributed by atoms with Crippen molar-refractivity contribution in [2.24, 2.45) is 28.6 Å². The van der Waals surface area contributed by atoms with E-state index in [-0.39, 0.29) is 28.9 Å². The summed E-state index contributed by atoms with van der Waals surface area (Å²) >= 11 is 11.9. The highest BCUT2D eigenvalue weighted by Gasteiger charge is 2.59. The number of esters is 2. The van der Waals surface area contributed by atoms with Crippen LogP contribution in [0.2, 0.25) is 0 Å². The average molecular weight is 617 g/mol. The average Bonchev–Trinajstić information content (AvgIpc) is 3.29. The van der Waals surface area contributed by atoms with Crippen molar-refractivity contribution in [1.82, 2.24) is 0 Å². The van der Waals surface area contributed by atoms with Gasteiger partial charge in [0.25, 0.3) is 0 Å². The summed E-state index contributed by atoms with van der Waals surface area (Å²) < 4.78 is 11.7. The number of ether oxygens (including phenoxy) is 2. The van der Waals surface area contributed by atoms with Gasteiger partial charge in [0.2, 0.25) is 0 Å². The van der Waals surface area contributed by atoms with Crippen molar-refractivity contribution in [2.45, 2.75) is 91.1 Å². The van der Waals surface area contributed by atoms with Crippen molar-refractivity contribution in [3.8, 4) is 0 Å². The number of rotatable bonds is 11. The van der Waals surface area contributed by atoms with E-state index in [0.29, 0.717) is 35.9 Å². The van der Waals surface area contributed by atoms with Crippen LogP contribution in [-0.2, 0) is 25.5 Å². The fraction of sp³-hybridized carbons (Fsp3) is 0.657. The first-order valence-corrected chi connectivity index (χ1v) is 17.0. The molecule has 42 heavy (non-hydrogen) atoms. The second-order valence-corrected chi connectivity index (χ2v) is 14.1. The molecule has 0 amide bonds. The molecule has 0 aliphatic heterocycles. The maximum absolute atomic E-state index is 12.8. The Morgan fingerprint density at radius 3 is 2.43 bits per heavy atom. The van der Waals surface area contributed by atoms with Gasteiger partial charge in [-0.25, -0.2) is 0 Å². The van der Waals surface area contributed by atoms with Crippen molar-refractivity contribution < 1.29 is 19.1 Å². The predicted octanol–water partition coefficient (Wildman–Crippen LogP) is 8.22. The van der Waals surface area contributed by atoms with E-state index in [2.05, 4.69) is 55.2 Å². The SMILES string of the molecule is CC(=O)O[C@H]1CC[C@H]2[C@@H]3CC=C4C=C(OC(=O)CCCc5ccc(N(CCCl)CCCl)cc5)CC[C@]4(C)[C@H]3CC[C@]12C. The first-order valence-electron chi connectivity index (χ1n) is 15.9. The third-order valence-corrected chi connectivity index (χ3v) is 11.4. The van der Waals surface area contributed by atoms with E-state index in [4.69, 9.17) is 32.7 Å². The van der Waals surface area contributed by atoms with Crippen LogP contribution in [0.15, 0.2) is 47.7 Å². The highest BCUT2D eigenvalue weighted by Crippen LogP contribution is 2.65. The lowest BCUT2D eigenvalue weighted by Gasteiger charge is -2.56. The number of allylic oxidation sites excluding steroid dienone is 4. The van der Waals surface area contributed by atoms with Crippen molar-refractivity contribution in [1.29, 1.82) is 0 Å². The van der Waals surface area contributed by atoms with Crippen molar-refractivity contribution in [3.05, 3.63) is 53.3 Å². The van der Waals surface area contributed by atoms with Crippen molar-refractivity contribution >= 4 is 40.8 Å². The molecule has 1 aromatic carbocycles. The number of alkyl halides is 2. The Hall–Kier alpha value is -1.98. The maximum Gasteiger partial charge on any atom is 0.310 e. The van der Waals surface area contributed by atoms with Gasteiger partial charge in [0.1, 0.15) is 11.9 Å². The lowest BCUT2D eigenvalue weighted by molar-refractivity contribution is -0.156. The summed E-state index contributed by atoms with van der Waals surface area (Å²) in [4.78, 5) is 26.7. The van der Waals surface area contributed by atoms with Gasteiger partial charge in [-0.1, -0.05) is 32.1 Å². The summed E-state index contributed by atoms with van der Waals surface area (Å²) in [5.74, 6) is 3.52. The molecule has 230 valence electrons. The third-order valence-electron chi connectivity index (χ3n) is 11.1. The van der Waals surface area contributed by atoms with E-state index in [0.717, 1.165) is 75.9 Å². The number of anilines is 1. The molecular formula is C35H47Cl2NO4. The molecule has 4 aliphatic rings. The van der Waals surface area contributed by atoms with Gasteiger partial charge in [-0.15, -0.1) is 23.2 Å². The van der Waals surface area contributed by atoms with Crippen molar-refractivity contribution in [2.75, 3.05) is 29.7 Å². The molecule has 0 spiro atoms. The summed E-state index contributed by atoms with van der Waals surface area (Å²) in [6.07, 6.45) is 14.0. The molecule has 1 aromatic rings. The van der Waals surface area contributed by atoms with Crippen LogP contribution in [0.5, 0.6) is 0 Å². The highest BCUT2D eigenvalue weighted by atomic mass is 35.5. The smallest absolute Gasteiger partial charge is 0.310 e. The quantitative estimate of drug-likeness (QED) is 0.185. The van der Waals surface area contributed by atoms with Gasteiger partial charge in [-0.3, -0.25) is 9.59 Å². The van der Waals surface area contributed by atoms with Gasteiger partial charge in [0, 0.05) is 55.7 Å². The van der Waals surface area contributed by atoms with Crippen LogP contribution in [-0.4, -0.2) is 42.9 Å². The molecule has 0 radical (unpaired) electrons. The molecule has 0 heterocycles. The number of hydrogen-bond acceptors (Lipinski definition) is 5. The standard InChI is InChI=1S/C35H47Cl2NO4/c1-24(39)41-32-14-13-30-29-12-9-26-23-28(15-17-34(26,2)31(29)16-18-35(30,32)3)42-33(40)6-4-5-25-7-10-27(11-8-25)38(21-19-36)22-20-37/h7-11,23,29-32H,4-6,12-22H2,1-3H3/t29-,30-,31-,32-,34-,35-/m0/s1. The fourth-order valence-electron chi connectivity index (χ4n) is 8.81. The Morgan fingerprint density at radius 2 is 1.74 bits per heavy atom. The molecule has 0 bridgehead atoms. The number of hydrogen-bond donors (Lipinski definition) is 0. The van der Waals surface area contributed by atoms with E-state index in [1.54, 1.807) is 6.92 Å². The molecule has 0 aromatic heterocycles. The molecule has 2 fully saturated rings. The van der Waals surface area contributed by atoms with E-state index >= 15 is 0 Å². The molecule has 2 saturated carbocycles. The van der Waals surface area contributed by atoms with E-state index in [9.17, 15) is 9.59 Å². The monoisotopic (exact) mass is 615 g/mol. The molecular weight excluding hydrogens is 569 g/mol. The molecule has 5 rings (SSSR count). The number of benzene rings is 1. The van der Waals surface area contributed by atoms with Gasteiger partial charge in [0.15, 0.2) is 0 Å². The van der Waals surface area contributed by atoms with Gasteiger partial charge in [0.05, 0.1) is 0 Å². The van der Waals surface area contributed by atoms with Crippen LogP contribution in [0.3, 0.4) is 0 Å². The lowest BCUT2D eigenvalue weighted by atomic mass is 9.48. The van der Waals surface area contributed by atoms with E-state index in [1.807, 2.05) is 0 Å². The first-order chi connectivity index (χ1) is 20.2. The Labute approximate surface area is 262 Å². The largest absolute Gasteiger partial charge is 0.462 e. The Bertz CT molecular complexity index is 1190. The zero-order chi connectivity index (χ0) is 29.9. The van der Waals surface area contributed by atoms with Crippen LogP contribution < -0.4 is 4.90 Å². The van der Waals surface area contributed by atoms with Gasteiger partial charge in [-0.05, 0) is 104 Å². The van der Waals surface area contributed by atoms with Crippen LogP contribution >= 0.6 is 23.2 Å². The predicted molar refractivity (Wildman–Crippen MR) is 170 cm³/mol. The van der Waals surface area contributed by atoms with Crippen LogP contribution in [0.25, 0.3) is 0 Å².